The molecule has 0 saturated carbocycles. The number of hydrogen-bond acceptors (Lipinski definition) is 3. The highest BCUT2D eigenvalue weighted by molar-refractivity contribution is 5.48. The van der Waals surface area contributed by atoms with Gasteiger partial charge in [-0.1, -0.05) is 6.92 Å². The third-order valence-corrected chi connectivity index (χ3v) is 4.09. The summed E-state index contributed by atoms with van der Waals surface area (Å²) in [5.41, 5.74) is 2.93. The molecule has 1 saturated heterocycles. The largest absolute Gasteiger partial charge is 0.384 e. The molecule has 94 valence electrons. The van der Waals surface area contributed by atoms with Crippen LogP contribution in [-0.2, 0) is 0 Å². The number of rotatable bonds is 4. The molecule has 0 aromatic carbocycles. The van der Waals surface area contributed by atoms with E-state index in [2.05, 4.69) is 35.5 Å². The Balaban J connectivity index is 1.98. The molecular formula is C14H23N3. The fourth-order valence-electron chi connectivity index (χ4n) is 2.57. The predicted molar refractivity (Wildman–Crippen MR) is 72.3 cm³/mol. The van der Waals surface area contributed by atoms with Crippen LogP contribution in [0.25, 0.3) is 0 Å². The van der Waals surface area contributed by atoms with Gasteiger partial charge in [0, 0.05) is 24.6 Å². The third-order valence-electron chi connectivity index (χ3n) is 4.09. The molecule has 1 aliphatic rings. The van der Waals surface area contributed by atoms with E-state index in [0.717, 1.165) is 19.6 Å². The number of pyridine rings is 1. The minimum atomic E-state index is 0.473. The molecule has 0 spiro atoms. The average molecular weight is 233 g/mol. The zero-order valence-corrected chi connectivity index (χ0v) is 10.9. The van der Waals surface area contributed by atoms with E-state index < -0.39 is 0 Å². The lowest BCUT2D eigenvalue weighted by atomic mass is 9.76. The van der Waals surface area contributed by atoms with Gasteiger partial charge >= 0.3 is 0 Å². The van der Waals surface area contributed by atoms with E-state index in [4.69, 9.17) is 0 Å². The molecule has 0 bridgehead atoms. The molecule has 2 heterocycles. The molecule has 0 atom stereocenters. The van der Waals surface area contributed by atoms with Crippen molar-refractivity contribution in [2.24, 2.45) is 5.41 Å². The number of hydrogen-bond donors (Lipinski definition) is 2. The van der Waals surface area contributed by atoms with Gasteiger partial charge in [-0.15, -0.1) is 0 Å². The van der Waals surface area contributed by atoms with Crippen molar-refractivity contribution in [3.63, 3.8) is 0 Å². The number of nitrogens with one attached hydrogen (secondary N) is 2. The van der Waals surface area contributed by atoms with Gasteiger partial charge < -0.3 is 10.6 Å². The first-order valence-electron chi connectivity index (χ1n) is 6.61. The second-order valence-corrected chi connectivity index (χ2v) is 5.15. The van der Waals surface area contributed by atoms with Crippen molar-refractivity contribution < 1.29 is 0 Å². The van der Waals surface area contributed by atoms with Crippen LogP contribution in [0.2, 0.25) is 0 Å². The molecular weight excluding hydrogens is 210 g/mol. The summed E-state index contributed by atoms with van der Waals surface area (Å²) < 4.78 is 0. The van der Waals surface area contributed by atoms with Crippen molar-refractivity contribution in [2.45, 2.75) is 33.1 Å². The summed E-state index contributed by atoms with van der Waals surface area (Å²) in [6.07, 6.45) is 7.59. The zero-order valence-electron chi connectivity index (χ0n) is 10.9. The molecule has 3 heteroatoms. The van der Waals surface area contributed by atoms with Gasteiger partial charge in [0.15, 0.2) is 0 Å². The lowest BCUT2D eigenvalue weighted by molar-refractivity contribution is 0.210. The van der Waals surface area contributed by atoms with Crippen molar-refractivity contribution in [1.29, 1.82) is 0 Å². The van der Waals surface area contributed by atoms with Crippen LogP contribution in [0.5, 0.6) is 0 Å². The second kappa shape index (κ2) is 5.50. The van der Waals surface area contributed by atoms with Crippen LogP contribution in [-0.4, -0.2) is 24.6 Å². The maximum absolute atomic E-state index is 4.13. The molecule has 3 nitrogen and oxygen atoms in total. The van der Waals surface area contributed by atoms with Gasteiger partial charge in [0.2, 0.25) is 0 Å². The highest BCUT2D eigenvalue weighted by atomic mass is 14.9. The van der Waals surface area contributed by atoms with E-state index in [1.165, 1.54) is 30.5 Å². The van der Waals surface area contributed by atoms with E-state index in [9.17, 15) is 0 Å². The molecule has 0 aliphatic carbocycles. The lowest BCUT2D eigenvalue weighted by Gasteiger charge is -2.37. The second-order valence-electron chi connectivity index (χ2n) is 5.15. The summed E-state index contributed by atoms with van der Waals surface area (Å²) in [4.78, 5) is 4.13. The maximum Gasteiger partial charge on any atom is 0.0400 e. The average Bonchev–Trinajstić information content (AvgIpc) is 2.39. The quantitative estimate of drug-likeness (QED) is 0.839. The Labute approximate surface area is 104 Å². The van der Waals surface area contributed by atoms with E-state index in [1.807, 2.05) is 12.4 Å². The van der Waals surface area contributed by atoms with Crippen LogP contribution in [0.15, 0.2) is 18.5 Å². The van der Waals surface area contributed by atoms with Gasteiger partial charge in [-0.25, -0.2) is 0 Å². The normalized spacial score (nSPS) is 18.9. The minimum absolute atomic E-state index is 0.473. The number of anilines is 1. The van der Waals surface area contributed by atoms with Crippen molar-refractivity contribution in [3.05, 3.63) is 24.0 Å². The Morgan fingerprint density at radius 1 is 1.41 bits per heavy atom. The van der Waals surface area contributed by atoms with Crippen LogP contribution in [0.1, 0.15) is 31.7 Å². The smallest absolute Gasteiger partial charge is 0.0400 e. The van der Waals surface area contributed by atoms with Crippen molar-refractivity contribution in [2.75, 3.05) is 25.0 Å². The maximum atomic E-state index is 4.13. The molecule has 1 fully saturated rings. The van der Waals surface area contributed by atoms with Crippen LogP contribution in [0.4, 0.5) is 5.69 Å². The highest BCUT2D eigenvalue weighted by Gasteiger charge is 2.29. The van der Waals surface area contributed by atoms with Crippen LogP contribution in [0.3, 0.4) is 0 Å². The molecule has 1 aromatic rings. The molecule has 1 aromatic heterocycles. The summed E-state index contributed by atoms with van der Waals surface area (Å²) in [5, 5.41) is 7.05. The first-order valence-corrected chi connectivity index (χ1v) is 6.61. The van der Waals surface area contributed by atoms with E-state index in [1.54, 1.807) is 0 Å². The van der Waals surface area contributed by atoms with Crippen molar-refractivity contribution >= 4 is 5.69 Å². The third kappa shape index (κ3) is 2.97. The Hall–Kier alpha value is -1.09. The van der Waals surface area contributed by atoms with E-state index >= 15 is 0 Å². The molecule has 2 rings (SSSR count). The first kappa shape index (κ1) is 12.4. The van der Waals surface area contributed by atoms with Gasteiger partial charge in [0.25, 0.3) is 0 Å². The van der Waals surface area contributed by atoms with Crippen molar-refractivity contribution in [3.8, 4) is 0 Å². The fourth-order valence-corrected chi connectivity index (χ4v) is 2.57. The topological polar surface area (TPSA) is 37.0 Å². The zero-order chi connectivity index (χ0) is 12.1. The van der Waals surface area contributed by atoms with Crippen LogP contribution < -0.4 is 10.6 Å². The van der Waals surface area contributed by atoms with Gasteiger partial charge in [-0.05, 0) is 56.3 Å². The highest BCUT2D eigenvalue weighted by Crippen LogP contribution is 2.32. The SMILES string of the molecule is CCC1(CNc2ccncc2C)CCNCC1. The molecule has 0 radical (unpaired) electrons. The fraction of sp³-hybridized carbons (Fsp3) is 0.643. The van der Waals surface area contributed by atoms with Gasteiger partial charge in [0.1, 0.15) is 0 Å². The lowest BCUT2D eigenvalue weighted by Crippen LogP contribution is -2.40. The summed E-state index contributed by atoms with van der Waals surface area (Å²) in [6, 6.07) is 2.07. The summed E-state index contributed by atoms with van der Waals surface area (Å²) in [7, 11) is 0. The number of piperidine rings is 1. The first-order chi connectivity index (χ1) is 8.26. The summed E-state index contributed by atoms with van der Waals surface area (Å²) in [6.45, 7) is 7.81. The number of aromatic nitrogens is 1. The van der Waals surface area contributed by atoms with Gasteiger partial charge in [0.05, 0.1) is 0 Å². The number of aryl methyl sites for hydroxylation is 1. The number of nitrogens with zero attached hydrogens (tertiary/aromatic N) is 1. The molecule has 0 amide bonds. The summed E-state index contributed by atoms with van der Waals surface area (Å²) >= 11 is 0. The Morgan fingerprint density at radius 2 is 2.18 bits per heavy atom. The van der Waals surface area contributed by atoms with Crippen molar-refractivity contribution in [1.82, 2.24) is 10.3 Å². The molecule has 2 N–H and O–H groups in total. The van der Waals surface area contributed by atoms with E-state index in [0.29, 0.717) is 5.41 Å². The summed E-state index contributed by atoms with van der Waals surface area (Å²) in [5.74, 6) is 0. The Bertz CT molecular complexity index is 356. The van der Waals surface area contributed by atoms with Crippen LogP contribution >= 0.6 is 0 Å². The van der Waals surface area contributed by atoms with Gasteiger partial charge in [-0.2, -0.15) is 0 Å². The van der Waals surface area contributed by atoms with Gasteiger partial charge in [-0.3, -0.25) is 4.98 Å². The molecule has 0 unspecified atom stereocenters. The van der Waals surface area contributed by atoms with E-state index in [-0.39, 0.29) is 0 Å². The minimum Gasteiger partial charge on any atom is -0.384 e. The Kier molecular flexibility index (Phi) is 4.00. The predicted octanol–water partition coefficient (Wildman–Crippen LogP) is 2.58. The van der Waals surface area contributed by atoms with Crippen LogP contribution in [0, 0.1) is 12.3 Å². The Morgan fingerprint density at radius 3 is 2.82 bits per heavy atom. The standard InChI is InChI=1S/C14H23N3/c1-3-14(5-8-15-9-6-14)11-17-13-4-7-16-10-12(13)2/h4,7,10,15H,3,5-6,8-9,11H2,1-2H3,(H,16,17). The molecule has 1 aliphatic heterocycles. The monoisotopic (exact) mass is 233 g/mol. The molecule has 17 heavy (non-hydrogen) atoms.